The zero-order valence-electron chi connectivity index (χ0n) is 16.1. The third-order valence-corrected chi connectivity index (χ3v) is 6.68. The van der Waals surface area contributed by atoms with Crippen molar-refractivity contribution in [2.24, 2.45) is 0 Å². The number of hydrogen-bond donors (Lipinski definition) is 0. The maximum absolute atomic E-state index is 12.0. The molecule has 0 radical (unpaired) electrons. The Morgan fingerprint density at radius 3 is 2.47 bits per heavy atom. The average Bonchev–Trinajstić information content (AvgIpc) is 3.41. The van der Waals surface area contributed by atoms with Gasteiger partial charge >= 0.3 is 5.97 Å². The smallest absolute Gasteiger partial charge is 0.358 e. The standard InChI is InChI=1S/C21H17N3O4S2/c1-28-21(25)17-13-18(24(23-17)15-8-10-22-11-9-15)20-7-6-19(29-20)14-4-3-5-16(12-14)30(2,26)27/h3-13H,1-2H3. The number of pyridine rings is 1. The normalized spacial score (nSPS) is 11.4. The first kappa shape index (κ1) is 20.0. The van der Waals surface area contributed by atoms with Gasteiger partial charge in [-0.1, -0.05) is 12.1 Å². The molecule has 0 amide bonds. The minimum absolute atomic E-state index is 0.193. The monoisotopic (exact) mass is 439 g/mol. The molecular formula is C21H17N3O4S2. The Labute approximate surface area is 177 Å². The Kier molecular flexibility index (Phi) is 5.23. The van der Waals surface area contributed by atoms with Gasteiger partial charge in [-0.05, 0) is 42.0 Å². The van der Waals surface area contributed by atoms with E-state index >= 15 is 0 Å². The molecule has 0 aliphatic heterocycles. The molecule has 4 aromatic rings. The lowest BCUT2D eigenvalue weighted by Gasteiger charge is -2.05. The van der Waals surface area contributed by atoms with Gasteiger partial charge in [0.25, 0.3) is 0 Å². The fraction of sp³-hybridized carbons (Fsp3) is 0.0952. The van der Waals surface area contributed by atoms with E-state index in [4.69, 9.17) is 4.74 Å². The summed E-state index contributed by atoms with van der Waals surface area (Å²) in [5.41, 5.74) is 2.47. The van der Waals surface area contributed by atoms with Crippen LogP contribution in [0.1, 0.15) is 10.5 Å². The Morgan fingerprint density at radius 2 is 1.77 bits per heavy atom. The van der Waals surface area contributed by atoms with Crippen LogP contribution in [-0.4, -0.2) is 42.5 Å². The molecule has 9 heteroatoms. The highest BCUT2D eigenvalue weighted by Crippen LogP contribution is 2.36. The number of aromatic nitrogens is 3. The van der Waals surface area contributed by atoms with Crippen molar-refractivity contribution in [3.8, 4) is 26.7 Å². The van der Waals surface area contributed by atoms with Crippen LogP contribution in [0, 0.1) is 0 Å². The largest absolute Gasteiger partial charge is 0.464 e. The van der Waals surface area contributed by atoms with Crippen LogP contribution in [-0.2, 0) is 14.6 Å². The van der Waals surface area contributed by atoms with Crippen molar-refractivity contribution in [3.63, 3.8) is 0 Å². The molecule has 0 N–H and O–H groups in total. The molecule has 30 heavy (non-hydrogen) atoms. The summed E-state index contributed by atoms with van der Waals surface area (Å²) >= 11 is 1.48. The van der Waals surface area contributed by atoms with E-state index in [9.17, 15) is 13.2 Å². The third-order valence-electron chi connectivity index (χ3n) is 4.42. The molecule has 1 aromatic carbocycles. The molecule has 0 aliphatic rings. The Hall–Kier alpha value is -3.30. The number of methoxy groups -OCH3 is 1. The van der Waals surface area contributed by atoms with Gasteiger partial charge in [-0.15, -0.1) is 11.3 Å². The number of benzene rings is 1. The molecule has 0 saturated heterocycles. The first-order valence-corrected chi connectivity index (χ1v) is 11.6. The van der Waals surface area contributed by atoms with E-state index in [-0.39, 0.29) is 10.6 Å². The average molecular weight is 440 g/mol. The molecular weight excluding hydrogens is 422 g/mol. The van der Waals surface area contributed by atoms with E-state index in [0.29, 0.717) is 0 Å². The number of rotatable bonds is 5. The number of carbonyl (C=O) groups is 1. The molecule has 3 heterocycles. The zero-order valence-corrected chi connectivity index (χ0v) is 17.8. The van der Waals surface area contributed by atoms with Crippen LogP contribution in [0.2, 0.25) is 0 Å². The Morgan fingerprint density at radius 1 is 1.03 bits per heavy atom. The van der Waals surface area contributed by atoms with Crippen molar-refractivity contribution < 1.29 is 17.9 Å². The van der Waals surface area contributed by atoms with Crippen molar-refractivity contribution in [2.45, 2.75) is 4.90 Å². The summed E-state index contributed by atoms with van der Waals surface area (Å²) in [7, 11) is -1.99. The van der Waals surface area contributed by atoms with Crippen LogP contribution >= 0.6 is 11.3 Å². The number of carbonyl (C=O) groups excluding carboxylic acids is 1. The van der Waals surface area contributed by atoms with Gasteiger partial charge in [0.15, 0.2) is 15.5 Å². The van der Waals surface area contributed by atoms with Crippen molar-refractivity contribution in [3.05, 3.63) is 72.7 Å². The Balaban J connectivity index is 1.80. The molecule has 0 spiro atoms. The summed E-state index contributed by atoms with van der Waals surface area (Å²) in [5.74, 6) is -0.526. The summed E-state index contributed by atoms with van der Waals surface area (Å²) in [6.45, 7) is 0. The number of nitrogens with zero attached hydrogens (tertiary/aromatic N) is 3. The fourth-order valence-electron chi connectivity index (χ4n) is 2.95. The topological polar surface area (TPSA) is 91.2 Å². The minimum atomic E-state index is -3.30. The third kappa shape index (κ3) is 3.89. The van der Waals surface area contributed by atoms with Crippen molar-refractivity contribution in [1.82, 2.24) is 14.8 Å². The van der Waals surface area contributed by atoms with E-state index in [2.05, 4.69) is 10.1 Å². The predicted molar refractivity (Wildman–Crippen MR) is 115 cm³/mol. The molecule has 7 nitrogen and oxygen atoms in total. The molecule has 0 bridgehead atoms. The molecule has 0 unspecified atom stereocenters. The van der Waals surface area contributed by atoms with Gasteiger partial charge in [0, 0.05) is 29.6 Å². The number of hydrogen-bond acceptors (Lipinski definition) is 7. The highest BCUT2D eigenvalue weighted by atomic mass is 32.2. The van der Waals surface area contributed by atoms with E-state index in [1.165, 1.54) is 24.7 Å². The van der Waals surface area contributed by atoms with E-state index in [1.807, 2.05) is 18.2 Å². The maximum Gasteiger partial charge on any atom is 0.358 e. The van der Waals surface area contributed by atoms with Gasteiger partial charge in [-0.2, -0.15) is 5.10 Å². The van der Waals surface area contributed by atoms with E-state index in [0.717, 1.165) is 26.7 Å². The maximum atomic E-state index is 12.0. The van der Waals surface area contributed by atoms with Crippen LogP contribution in [0.5, 0.6) is 0 Å². The number of esters is 1. The predicted octanol–water partition coefficient (Wildman–Crippen LogP) is 3.85. The summed E-state index contributed by atoms with van der Waals surface area (Å²) in [6.07, 6.45) is 4.48. The number of sulfone groups is 1. The van der Waals surface area contributed by atoms with Gasteiger partial charge in [0.2, 0.25) is 0 Å². The number of ether oxygens (including phenoxy) is 1. The second kappa shape index (κ2) is 7.85. The van der Waals surface area contributed by atoms with Crippen LogP contribution < -0.4 is 0 Å². The summed E-state index contributed by atoms with van der Waals surface area (Å²) in [5, 5.41) is 4.40. The van der Waals surface area contributed by atoms with E-state index < -0.39 is 15.8 Å². The molecule has 3 aromatic heterocycles. The summed E-state index contributed by atoms with van der Waals surface area (Å²) in [4.78, 5) is 18.1. The highest BCUT2D eigenvalue weighted by Gasteiger charge is 2.19. The van der Waals surface area contributed by atoms with Crippen molar-refractivity contribution in [2.75, 3.05) is 13.4 Å². The van der Waals surface area contributed by atoms with Gasteiger partial charge in [-0.25, -0.2) is 17.9 Å². The summed E-state index contributed by atoms with van der Waals surface area (Å²) < 4.78 is 30.2. The summed E-state index contributed by atoms with van der Waals surface area (Å²) in [6, 6.07) is 15.9. The lowest BCUT2D eigenvalue weighted by Crippen LogP contribution is -2.04. The molecule has 0 saturated carbocycles. The molecule has 0 atom stereocenters. The molecule has 0 fully saturated rings. The second-order valence-electron chi connectivity index (χ2n) is 6.49. The Bertz CT molecular complexity index is 1330. The van der Waals surface area contributed by atoms with Crippen LogP contribution in [0.3, 0.4) is 0 Å². The van der Waals surface area contributed by atoms with E-state index in [1.54, 1.807) is 53.5 Å². The van der Waals surface area contributed by atoms with Crippen molar-refractivity contribution in [1.29, 1.82) is 0 Å². The van der Waals surface area contributed by atoms with Gasteiger partial charge in [0.1, 0.15) is 0 Å². The lowest BCUT2D eigenvalue weighted by atomic mass is 10.2. The molecule has 4 rings (SSSR count). The van der Waals surface area contributed by atoms with Crippen LogP contribution in [0.25, 0.3) is 26.7 Å². The highest BCUT2D eigenvalue weighted by molar-refractivity contribution is 7.90. The first-order chi connectivity index (χ1) is 14.4. The zero-order chi connectivity index (χ0) is 21.3. The fourth-order valence-corrected chi connectivity index (χ4v) is 4.62. The SMILES string of the molecule is COC(=O)c1cc(-c2ccc(-c3cccc(S(C)(=O)=O)c3)s2)n(-c2ccncc2)n1. The molecule has 152 valence electrons. The van der Waals surface area contributed by atoms with Crippen LogP contribution in [0.4, 0.5) is 0 Å². The quantitative estimate of drug-likeness (QED) is 0.439. The number of thiophene rings is 1. The van der Waals surface area contributed by atoms with Crippen molar-refractivity contribution >= 4 is 27.1 Å². The van der Waals surface area contributed by atoms with Gasteiger partial charge in [-0.3, -0.25) is 4.98 Å². The lowest BCUT2D eigenvalue weighted by molar-refractivity contribution is 0.0593. The molecule has 0 aliphatic carbocycles. The first-order valence-electron chi connectivity index (χ1n) is 8.86. The van der Waals surface area contributed by atoms with Gasteiger partial charge in [0.05, 0.1) is 28.3 Å². The minimum Gasteiger partial charge on any atom is -0.464 e. The van der Waals surface area contributed by atoms with Gasteiger partial charge < -0.3 is 4.74 Å². The van der Waals surface area contributed by atoms with Crippen LogP contribution in [0.15, 0.2) is 71.9 Å². The second-order valence-corrected chi connectivity index (χ2v) is 9.59.